The number of nitrogens with zero attached hydrogens (tertiary/aromatic N) is 1. The molecule has 0 saturated carbocycles. The highest BCUT2D eigenvalue weighted by atomic mass is 16.5. The van der Waals surface area contributed by atoms with E-state index >= 15 is 0 Å². The fraction of sp³-hybridized carbons (Fsp3) is 0.333. The van der Waals surface area contributed by atoms with Crippen LogP contribution in [-0.4, -0.2) is 17.9 Å². The van der Waals surface area contributed by atoms with Crippen LogP contribution in [0.1, 0.15) is 12.5 Å². The first-order valence-corrected chi connectivity index (χ1v) is 3.87. The molecule has 0 bridgehead atoms. The number of hydrogen-bond acceptors (Lipinski definition) is 3. The lowest BCUT2D eigenvalue weighted by molar-refractivity contribution is -0.107. The van der Waals surface area contributed by atoms with Gasteiger partial charge in [-0.3, -0.25) is 4.98 Å². The summed E-state index contributed by atoms with van der Waals surface area (Å²) in [6, 6.07) is 1.77. The molecule has 0 saturated heterocycles. The Bertz CT molecular complexity index is 260. The monoisotopic (exact) mass is 165 g/mol. The summed E-state index contributed by atoms with van der Waals surface area (Å²) in [7, 11) is 0. The minimum atomic E-state index is 0.364. The van der Waals surface area contributed by atoms with Crippen LogP contribution in [0.15, 0.2) is 18.5 Å². The number of hydrogen-bond donors (Lipinski definition) is 0. The van der Waals surface area contributed by atoms with Crippen molar-refractivity contribution in [3.05, 3.63) is 24.0 Å². The molecule has 0 fully saturated rings. The van der Waals surface area contributed by atoms with Crippen LogP contribution in [0.2, 0.25) is 0 Å². The smallest absolute Gasteiger partial charge is 0.125 e. The number of aromatic nitrogens is 1. The molecule has 0 aliphatic rings. The fourth-order valence-electron chi connectivity index (χ4n) is 0.954. The maximum atomic E-state index is 10.2. The second kappa shape index (κ2) is 4.49. The van der Waals surface area contributed by atoms with E-state index in [-0.39, 0.29) is 0 Å². The van der Waals surface area contributed by atoms with Crippen LogP contribution in [-0.2, 0) is 11.2 Å². The van der Waals surface area contributed by atoms with E-state index in [0.717, 1.165) is 17.6 Å². The van der Waals surface area contributed by atoms with Gasteiger partial charge in [0.1, 0.15) is 12.0 Å². The van der Waals surface area contributed by atoms with Gasteiger partial charge in [-0.05, 0) is 13.0 Å². The lowest BCUT2D eigenvalue weighted by Crippen LogP contribution is -1.97. The van der Waals surface area contributed by atoms with Crippen LogP contribution in [0.5, 0.6) is 5.75 Å². The van der Waals surface area contributed by atoms with Crippen molar-refractivity contribution in [1.82, 2.24) is 4.98 Å². The molecular formula is C9H11NO2. The number of aldehydes is 1. The summed E-state index contributed by atoms with van der Waals surface area (Å²) in [6.45, 7) is 2.51. The van der Waals surface area contributed by atoms with Gasteiger partial charge < -0.3 is 9.53 Å². The van der Waals surface area contributed by atoms with E-state index in [4.69, 9.17) is 4.74 Å². The Morgan fingerprint density at radius 1 is 1.67 bits per heavy atom. The van der Waals surface area contributed by atoms with Crippen LogP contribution in [0.25, 0.3) is 0 Å². The van der Waals surface area contributed by atoms with Gasteiger partial charge in [-0.1, -0.05) is 0 Å². The van der Waals surface area contributed by atoms with Crippen molar-refractivity contribution >= 4 is 6.29 Å². The van der Waals surface area contributed by atoms with Crippen molar-refractivity contribution in [2.75, 3.05) is 6.61 Å². The Hall–Kier alpha value is -1.38. The van der Waals surface area contributed by atoms with Crippen LogP contribution < -0.4 is 4.74 Å². The summed E-state index contributed by atoms with van der Waals surface area (Å²) in [5.41, 5.74) is 0.842. The number of ether oxygens (including phenoxy) is 1. The number of rotatable bonds is 4. The van der Waals surface area contributed by atoms with Crippen molar-refractivity contribution in [3.63, 3.8) is 0 Å². The molecule has 0 unspecified atom stereocenters. The lowest BCUT2D eigenvalue weighted by atomic mass is 10.2. The first kappa shape index (κ1) is 8.71. The lowest BCUT2D eigenvalue weighted by Gasteiger charge is -2.05. The molecule has 0 spiro atoms. The molecule has 0 amide bonds. The van der Waals surface area contributed by atoms with Crippen molar-refractivity contribution in [2.45, 2.75) is 13.3 Å². The van der Waals surface area contributed by atoms with E-state index in [1.165, 1.54) is 0 Å². The largest absolute Gasteiger partial charge is 0.493 e. The highest BCUT2D eigenvalue weighted by Crippen LogP contribution is 2.15. The Kier molecular flexibility index (Phi) is 3.26. The van der Waals surface area contributed by atoms with Crippen molar-refractivity contribution < 1.29 is 9.53 Å². The van der Waals surface area contributed by atoms with Gasteiger partial charge in [0.15, 0.2) is 0 Å². The minimum Gasteiger partial charge on any atom is -0.493 e. The quantitative estimate of drug-likeness (QED) is 0.630. The van der Waals surface area contributed by atoms with Crippen molar-refractivity contribution in [1.29, 1.82) is 0 Å². The molecular weight excluding hydrogens is 154 g/mol. The van der Waals surface area contributed by atoms with E-state index in [0.29, 0.717) is 13.0 Å². The molecule has 0 aliphatic carbocycles. The summed E-state index contributed by atoms with van der Waals surface area (Å²) in [4.78, 5) is 14.2. The predicted molar refractivity (Wildman–Crippen MR) is 45.2 cm³/mol. The molecule has 1 heterocycles. The van der Waals surface area contributed by atoms with Gasteiger partial charge in [0, 0.05) is 24.4 Å². The molecule has 0 aliphatic heterocycles. The fourth-order valence-corrected chi connectivity index (χ4v) is 0.954. The minimum absolute atomic E-state index is 0.364. The van der Waals surface area contributed by atoms with Crippen molar-refractivity contribution in [2.24, 2.45) is 0 Å². The van der Waals surface area contributed by atoms with Gasteiger partial charge in [0.2, 0.25) is 0 Å². The topological polar surface area (TPSA) is 39.2 Å². The summed E-state index contributed by atoms with van der Waals surface area (Å²) < 4.78 is 5.29. The van der Waals surface area contributed by atoms with Crippen LogP contribution in [0.4, 0.5) is 0 Å². The van der Waals surface area contributed by atoms with Crippen molar-refractivity contribution in [3.8, 4) is 5.75 Å². The normalized spacial score (nSPS) is 9.42. The van der Waals surface area contributed by atoms with E-state index in [9.17, 15) is 4.79 Å². The zero-order valence-electron chi connectivity index (χ0n) is 6.99. The maximum absolute atomic E-state index is 10.2. The summed E-state index contributed by atoms with van der Waals surface area (Å²) in [5.74, 6) is 0.750. The first-order valence-electron chi connectivity index (χ1n) is 3.87. The third-order valence-corrected chi connectivity index (χ3v) is 1.46. The van der Waals surface area contributed by atoms with Gasteiger partial charge in [0.05, 0.1) is 6.61 Å². The number of carbonyl (C=O) groups is 1. The number of carbonyl (C=O) groups excluding carboxylic acids is 1. The van der Waals surface area contributed by atoms with E-state index in [1.807, 2.05) is 6.92 Å². The molecule has 0 aromatic carbocycles. The molecule has 3 nitrogen and oxygen atoms in total. The third-order valence-electron chi connectivity index (χ3n) is 1.46. The molecule has 1 rings (SSSR count). The first-order chi connectivity index (χ1) is 5.88. The third kappa shape index (κ3) is 2.05. The summed E-state index contributed by atoms with van der Waals surface area (Å²) in [6.07, 6.45) is 4.52. The molecule has 1 aromatic rings. The standard InChI is InChI=1S/C9H11NO2/c1-2-12-9-3-5-10-7-8(9)4-6-11/h3,5-7H,2,4H2,1H3. The Labute approximate surface area is 71.4 Å². The van der Waals surface area contributed by atoms with Gasteiger partial charge >= 0.3 is 0 Å². The van der Waals surface area contributed by atoms with Gasteiger partial charge in [-0.25, -0.2) is 0 Å². The van der Waals surface area contributed by atoms with Gasteiger partial charge in [-0.2, -0.15) is 0 Å². The van der Waals surface area contributed by atoms with Gasteiger partial charge in [0.25, 0.3) is 0 Å². The SMILES string of the molecule is CCOc1ccncc1CC=O. The average molecular weight is 165 g/mol. The summed E-state index contributed by atoms with van der Waals surface area (Å²) in [5, 5.41) is 0. The molecule has 3 heteroatoms. The van der Waals surface area contributed by atoms with Crippen LogP contribution in [0.3, 0.4) is 0 Å². The average Bonchev–Trinajstić information content (AvgIpc) is 2.09. The molecule has 0 atom stereocenters. The molecule has 64 valence electrons. The van der Waals surface area contributed by atoms with Crippen LogP contribution >= 0.6 is 0 Å². The second-order valence-corrected chi connectivity index (χ2v) is 2.29. The van der Waals surface area contributed by atoms with Crippen LogP contribution in [0, 0.1) is 0 Å². The Morgan fingerprint density at radius 3 is 3.17 bits per heavy atom. The molecule has 0 radical (unpaired) electrons. The van der Waals surface area contributed by atoms with Gasteiger partial charge in [-0.15, -0.1) is 0 Å². The Morgan fingerprint density at radius 2 is 2.50 bits per heavy atom. The number of pyridine rings is 1. The molecule has 0 N–H and O–H groups in total. The zero-order chi connectivity index (χ0) is 8.81. The highest BCUT2D eigenvalue weighted by Gasteiger charge is 2.00. The molecule has 1 aromatic heterocycles. The molecule has 12 heavy (non-hydrogen) atoms. The Balaban J connectivity index is 2.83. The maximum Gasteiger partial charge on any atom is 0.125 e. The van der Waals surface area contributed by atoms with E-state index in [1.54, 1.807) is 18.5 Å². The highest BCUT2D eigenvalue weighted by molar-refractivity contribution is 5.56. The zero-order valence-corrected chi connectivity index (χ0v) is 6.99. The second-order valence-electron chi connectivity index (χ2n) is 2.29. The van der Waals surface area contributed by atoms with E-state index < -0.39 is 0 Å². The predicted octanol–water partition coefficient (Wildman–Crippen LogP) is 1.22. The summed E-state index contributed by atoms with van der Waals surface area (Å²) >= 11 is 0. The van der Waals surface area contributed by atoms with E-state index in [2.05, 4.69) is 4.98 Å².